The summed E-state index contributed by atoms with van der Waals surface area (Å²) in [6, 6.07) is 14.5. The summed E-state index contributed by atoms with van der Waals surface area (Å²) in [5.74, 6) is 0.976. The van der Waals surface area contributed by atoms with Gasteiger partial charge in [0.15, 0.2) is 5.78 Å². The fourth-order valence-electron chi connectivity index (χ4n) is 4.05. The van der Waals surface area contributed by atoms with E-state index in [2.05, 4.69) is 22.8 Å². The zero-order chi connectivity index (χ0) is 17.4. The van der Waals surface area contributed by atoms with Crippen LogP contribution in [0.4, 0.5) is 0 Å². The number of benzene rings is 2. The Morgan fingerprint density at radius 3 is 2.60 bits per heavy atom. The number of methoxy groups -OCH3 is 1. The summed E-state index contributed by atoms with van der Waals surface area (Å²) in [5.41, 5.74) is 5.91. The molecule has 0 saturated heterocycles. The fourth-order valence-corrected chi connectivity index (χ4v) is 4.05. The molecule has 0 radical (unpaired) electrons. The van der Waals surface area contributed by atoms with Gasteiger partial charge in [0.05, 0.1) is 18.3 Å². The molecule has 1 aliphatic rings. The molecule has 0 saturated carbocycles. The lowest BCUT2D eigenvalue weighted by atomic mass is 9.89. The normalized spacial score (nSPS) is 13.7. The SMILES string of the molecule is COc1cc2c(c3c1cc(C(C)=O)n3Cc1ccccc1)CCCC2. The number of hydrogen-bond acceptors (Lipinski definition) is 2. The zero-order valence-electron chi connectivity index (χ0n) is 14.8. The van der Waals surface area contributed by atoms with E-state index in [0.29, 0.717) is 6.54 Å². The van der Waals surface area contributed by atoms with Gasteiger partial charge in [-0.3, -0.25) is 4.79 Å². The fraction of sp³-hybridized carbons (Fsp3) is 0.318. The number of carbonyl (C=O) groups is 1. The molecular formula is C22H23NO2. The van der Waals surface area contributed by atoms with Crippen LogP contribution in [0.25, 0.3) is 10.9 Å². The molecule has 1 heterocycles. The van der Waals surface area contributed by atoms with Crippen molar-refractivity contribution in [1.82, 2.24) is 4.57 Å². The molecule has 0 N–H and O–H groups in total. The van der Waals surface area contributed by atoms with Gasteiger partial charge in [-0.1, -0.05) is 30.3 Å². The van der Waals surface area contributed by atoms with Gasteiger partial charge < -0.3 is 9.30 Å². The Hall–Kier alpha value is -2.55. The van der Waals surface area contributed by atoms with Crippen molar-refractivity contribution < 1.29 is 9.53 Å². The van der Waals surface area contributed by atoms with E-state index in [1.165, 1.54) is 35.0 Å². The van der Waals surface area contributed by atoms with Crippen LogP contribution in [-0.2, 0) is 19.4 Å². The van der Waals surface area contributed by atoms with Gasteiger partial charge in [-0.2, -0.15) is 0 Å². The van der Waals surface area contributed by atoms with Crippen molar-refractivity contribution in [2.45, 2.75) is 39.2 Å². The van der Waals surface area contributed by atoms with Gasteiger partial charge >= 0.3 is 0 Å². The average molecular weight is 333 g/mol. The molecule has 0 amide bonds. The van der Waals surface area contributed by atoms with Crippen molar-refractivity contribution in [2.24, 2.45) is 0 Å². The van der Waals surface area contributed by atoms with Crippen LogP contribution in [0, 0.1) is 0 Å². The maximum Gasteiger partial charge on any atom is 0.176 e. The molecule has 0 spiro atoms. The van der Waals surface area contributed by atoms with Gasteiger partial charge in [0, 0.05) is 18.9 Å². The monoisotopic (exact) mass is 333 g/mol. The lowest BCUT2D eigenvalue weighted by Gasteiger charge is -2.20. The largest absolute Gasteiger partial charge is 0.496 e. The van der Waals surface area contributed by atoms with Crippen LogP contribution in [0.1, 0.15) is 46.9 Å². The Morgan fingerprint density at radius 2 is 1.88 bits per heavy atom. The third kappa shape index (κ3) is 2.74. The number of hydrogen-bond donors (Lipinski definition) is 0. The van der Waals surface area contributed by atoms with Crippen molar-refractivity contribution in [3.63, 3.8) is 0 Å². The summed E-state index contributed by atoms with van der Waals surface area (Å²) in [5, 5.41) is 1.06. The standard InChI is InChI=1S/C22H23NO2/c1-15(24)20-13-19-21(25-2)12-17-10-6-7-11-18(17)22(19)23(20)14-16-8-4-3-5-9-16/h3-5,8-9,12-13H,6-7,10-11,14H2,1-2H3. The Morgan fingerprint density at radius 1 is 1.12 bits per heavy atom. The minimum absolute atomic E-state index is 0.0961. The minimum atomic E-state index is 0.0961. The lowest BCUT2D eigenvalue weighted by Crippen LogP contribution is -2.11. The van der Waals surface area contributed by atoms with Crippen LogP contribution in [0.2, 0.25) is 0 Å². The third-order valence-electron chi connectivity index (χ3n) is 5.23. The Balaban J connectivity index is 2.01. The molecule has 4 rings (SSSR count). The second-order valence-corrected chi connectivity index (χ2v) is 6.84. The average Bonchev–Trinajstić information content (AvgIpc) is 3.02. The molecule has 1 aliphatic carbocycles. The highest BCUT2D eigenvalue weighted by atomic mass is 16.5. The molecule has 0 bridgehead atoms. The van der Waals surface area contributed by atoms with Crippen LogP contribution in [0.3, 0.4) is 0 Å². The predicted octanol–water partition coefficient (Wildman–Crippen LogP) is 4.78. The van der Waals surface area contributed by atoms with Gasteiger partial charge in [0.1, 0.15) is 5.75 Å². The summed E-state index contributed by atoms with van der Waals surface area (Å²) >= 11 is 0. The highest BCUT2D eigenvalue weighted by Gasteiger charge is 2.22. The van der Waals surface area contributed by atoms with Gasteiger partial charge in [-0.15, -0.1) is 0 Å². The molecule has 2 aromatic carbocycles. The molecule has 128 valence electrons. The molecule has 3 heteroatoms. The van der Waals surface area contributed by atoms with E-state index in [1.807, 2.05) is 24.3 Å². The van der Waals surface area contributed by atoms with E-state index in [-0.39, 0.29) is 5.78 Å². The van der Waals surface area contributed by atoms with E-state index in [4.69, 9.17) is 4.74 Å². The number of rotatable bonds is 4. The highest BCUT2D eigenvalue weighted by Crippen LogP contribution is 2.38. The lowest BCUT2D eigenvalue weighted by molar-refractivity contribution is 0.101. The van der Waals surface area contributed by atoms with E-state index in [9.17, 15) is 4.79 Å². The van der Waals surface area contributed by atoms with Crippen molar-refractivity contribution in [2.75, 3.05) is 7.11 Å². The topological polar surface area (TPSA) is 31.2 Å². The van der Waals surface area contributed by atoms with E-state index >= 15 is 0 Å². The van der Waals surface area contributed by atoms with Crippen LogP contribution in [-0.4, -0.2) is 17.5 Å². The quantitative estimate of drug-likeness (QED) is 0.643. The summed E-state index contributed by atoms with van der Waals surface area (Å²) in [6.07, 6.45) is 4.60. The van der Waals surface area contributed by atoms with Gasteiger partial charge in [0.2, 0.25) is 0 Å². The molecule has 3 nitrogen and oxygen atoms in total. The Kier molecular flexibility index (Phi) is 4.08. The van der Waals surface area contributed by atoms with E-state index < -0.39 is 0 Å². The first-order chi connectivity index (χ1) is 12.2. The number of Topliss-reactive ketones (excluding diaryl/α,β-unsaturated/α-hetero) is 1. The maximum atomic E-state index is 12.3. The first-order valence-corrected chi connectivity index (χ1v) is 8.96. The molecule has 0 atom stereocenters. The molecular weight excluding hydrogens is 310 g/mol. The van der Waals surface area contributed by atoms with Crippen LogP contribution < -0.4 is 4.74 Å². The third-order valence-corrected chi connectivity index (χ3v) is 5.23. The smallest absolute Gasteiger partial charge is 0.176 e. The van der Waals surface area contributed by atoms with Crippen molar-refractivity contribution in [3.05, 3.63) is 64.8 Å². The molecule has 25 heavy (non-hydrogen) atoms. The van der Waals surface area contributed by atoms with Crippen molar-refractivity contribution in [1.29, 1.82) is 0 Å². The van der Waals surface area contributed by atoms with Gasteiger partial charge in [-0.05, 0) is 54.5 Å². The van der Waals surface area contributed by atoms with Crippen LogP contribution in [0.15, 0.2) is 42.5 Å². The Labute approximate surface area is 148 Å². The second kappa shape index (κ2) is 6.40. The number of ketones is 1. The number of fused-ring (bicyclic) bond motifs is 3. The number of aromatic nitrogens is 1. The van der Waals surface area contributed by atoms with Crippen LogP contribution in [0.5, 0.6) is 5.75 Å². The van der Waals surface area contributed by atoms with Gasteiger partial charge in [0.25, 0.3) is 0 Å². The maximum absolute atomic E-state index is 12.3. The highest BCUT2D eigenvalue weighted by molar-refractivity contribution is 6.01. The van der Waals surface area contributed by atoms with E-state index in [1.54, 1.807) is 14.0 Å². The molecule has 3 aromatic rings. The summed E-state index contributed by atoms with van der Waals surface area (Å²) < 4.78 is 7.86. The van der Waals surface area contributed by atoms with Gasteiger partial charge in [-0.25, -0.2) is 0 Å². The summed E-state index contributed by atoms with van der Waals surface area (Å²) in [6.45, 7) is 2.35. The predicted molar refractivity (Wildman–Crippen MR) is 101 cm³/mol. The van der Waals surface area contributed by atoms with Crippen molar-refractivity contribution >= 4 is 16.7 Å². The molecule has 0 unspecified atom stereocenters. The number of ether oxygens (including phenoxy) is 1. The Bertz CT molecular complexity index is 938. The first-order valence-electron chi connectivity index (χ1n) is 8.96. The minimum Gasteiger partial charge on any atom is -0.496 e. The number of carbonyl (C=O) groups excluding carboxylic acids is 1. The summed E-state index contributed by atoms with van der Waals surface area (Å²) in [7, 11) is 1.71. The van der Waals surface area contributed by atoms with Crippen LogP contribution >= 0.6 is 0 Å². The summed E-state index contributed by atoms with van der Waals surface area (Å²) in [4.78, 5) is 12.3. The first kappa shape index (κ1) is 15.9. The molecule has 0 aliphatic heterocycles. The zero-order valence-corrected chi connectivity index (χ0v) is 14.8. The number of nitrogens with zero attached hydrogens (tertiary/aromatic N) is 1. The molecule has 1 aromatic heterocycles. The van der Waals surface area contributed by atoms with E-state index in [0.717, 1.165) is 29.7 Å². The second-order valence-electron chi connectivity index (χ2n) is 6.84. The number of aryl methyl sites for hydroxylation is 2. The molecule has 0 fully saturated rings. The van der Waals surface area contributed by atoms with Crippen molar-refractivity contribution in [3.8, 4) is 5.75 Å².